The molecular weight excluding hydrogens is 254 g/mol. The van der Waals surface area contributed by atoms with E-state index < -0.39 is 0 Å². The van der Waals surface area contributed by atoms with Crippen molar-refractivity contribution in [2.45, 2.75) is 43.2 Å². The second kappa shape index (κ2) is 5.12. The largest absolute Gasteiger partial charge is 0.381 e. The summed E-state index contributed by atoms with van der Waals surface area (Å²) in [6, 6.07) is 9.42. The number of thioether (sulfide) groups is 1. The Morgan fingerprint density at radius 2 is 2.16 bits per heavy atom. The third-order valence-corrected chi connectivity index (χ3v) is 6.12. The Morgan fingerprint density at radius 3 is 2.89 bits per heavy atom. The van der Waals surface area contributed by atoms with Crippen molar-refractivity contribution in [3.05, 3.63) is 29.8 Å². The summed E-state index contributed by atoms with van der Waals surface area (Å²) in [6.07, 6.45) is 1.56. The lowest BCUT2D eigenvalue weighted by atomic mass is 9.64. The Labute approximate surface area is 120 Å². The van der Waals surface area contributed by atoms with Gasteiger partial charge in [-0.15, -0.1) is 11.8 Å². The number of nitrogens with one attached hydrogen (secondary N) is 1. The summed E-state index contributed by atoms with van der Waals surface area (Å²) < 4.78 is 5.52. The molecule has 104 valence electrons. The second-order valence-electron chi connectivity index (χ2n) is 6.29. The SMILES string of the molecule is COC1CC(NCC2CSc3ccccc32)C1(C)C. The molecule has 3 rings (SSSR count). The fourth-order valence-electron chi connectivity index (χ4n) is 3.31. The van der Waals surface area contributed by atoms with E-state index in [9.17, 15) is 0 Å². The zero-order valence-corrected chi connectivity index (χ0v) is 12.8. The monoisotopic (exact) mass is 277 g/mol. The van der Waals surface area contributed by atoms with Crippen LogP contribution in [0.15, 0.2) is 29.2 Å². The van der Waals surface area contributed by atoms with Crippen LogP contribution in [-0.2, 0) is 4.74 Å². The van der Waals surface area contributed by atoms with Crippen molar-refractivity contribution in [1.29, 1.82) is 0 Å². The van der Waals surface area contributed by atoms with Crippen molar-refractivity contribution in [3.8, 4) is 0 Å². The van der Waals surface area contributed by atoms with Gasteiger partial charge in [0.05, 0.1) is 6.10 Å². The van der Waals surface area contributed by atoms with E-state index >= 15 is 0 Å². The number of hydrogen-bond acceptors (Lipinski definition) is 3. The molecule has 1 aromatic carbocycles. The van der Waals surface area contributed by atoms with Crippen molar-refractivity contribution in [2.75, 3.05) is 19.4 Å². The van der Waals surface area contributed by atoms with E-state index in [0.717, 1.165) is 13.0 Å². The molecule has 1 saturated carbocycles. The van der Waals surface area contributed by atoms with Gasteiger partial charge in [0.25, 0.3) is 0 Å². The summed E-state index contributed by atoms with van der Waals surface area (Å²) >= 11 is 1.99. The highest BCUT2D eigenvalue weighted by molar-refractivity contribution is 7.99. The van der Waals surface area contributed by atoms with E-state index in [4.69, 9.17) is 4.74 Å². The summed E-state index contributed by atoms with van der Waals surface area (Å²) in [5.74, 6) is 1.88. The van der Waals surface area contributed by atoms with Crippen LogP contribution in [0.4, 0.5) is 0 Å². The number of methoxy groups -OCH3 is 1. The van der Waals surface area contributed by atoms with E-state index in [0.29, 0.717) is 18.1 Å². The Kier molecular flexibility index (Phi) is 3.63. The van der Waals surface area contributed by atoms with Crippen molar-refractivity contribution in [2.24, 2.45) is 5.41 Å². The normalized spacial score (nSPS) is 31.8. The topological polar surface area (TPSA) is 21.3 Å². The summed E-state index contributed by atoms with van der Waals surface area (Å²) in [6.45, 7) is 5.70. The predicted octanol–water partition coefficient (Wildman–Crippen LogP) is 3.28. The fourth-order valence-corrected chi connectivity index (χ4v) is 4.57. The third kappa shape index (κ3) is 2.32. The van der Waals surface area contributed by atoms with Crippen LogP contribution in [0.3, 0.4) is 0 Å². The Balaban J connectivity index is 1.58. The van der Waals surface area contributed by atoms with Crippen LogP contribution in [-0.4, -0.2) is 31.6 Å². The zero-order chi connectivity index (χ0) is 13.5. The van der Waals surface area contributed by atoms with Crippen LogP contribution in [0.2, 0.25) is 0 Å². The Hall–Kier alpha value is -0.510. The molecule has 0 radical (unpaired) electrons. The first kappa shape index (κ1) is 13.5. The molecule has 1 heterocycles. The molecule has 3 unspecified atom stereocenters. The molecular formula is C16H23NOS. The van der Waals surface area contributed by atoms with E-state index in [1.807, 2.05) is 18.9 Å². The molecule has 0 aromatic heterocycles. The first-order valence-corrected chi connectivity index (χ1v) is 8.09. The van der Waals surface area contributed by atoms with Gasteiger partial charge in [0.2, 0.25) is 0 Å². The molecule has 1 fully saturated rings. The van der Waals surface area contributed by atoms with Crippen LogP contribution in [0.1, 0.15) is 31.7 Å². The average Bonchev–Trinajstić information content (AvgIpc) is 2.81. The Bertz CT molecular complexity index is 460. The lowest BCUT2D eigenvalue weighted by Gasteiger charge is -2.51. The van der Waals surface area contributed by atoms with Crippen molar-refractivity contribution in [1.82, 2.24) is 5.32 Å². The van der Waals surface area contributed by atoms with Gasteiger partial charge in [-0.1, -0.05) is 32.0 Å². The molecule has 1 aliphatic heterocycles. The van der Waals surface area contributed by atoms with Crippen LogP contribution in [0.25, 0.3) is 0 Å². The van der Waals surface area contributed by atoms with Gasteiger partial charge in [-0.25, -0.2) is 0 Å². The molecule has 0 spiro atoms. The first-order chi connectivity index (χ1) is 9.13. The number of hydrogen-bond donors (Lipinski definition) is 1. The van der Waals surface area contributed by atoms with Crippen LogP contribution in [0, 0.1) is 5.41 Å². The molecule has 0 amide bonds. The Morgan fingerprint density at radius 1 is 1.37 bits per heavy atom. The van der Waals surface area contributed by atoms with E-state index in [1.54, 1.807) is 0 Å². The molecule has 0 bridgehead atoms. The van der Waals surface area contributed by atoms with Gasteiger partial charge in [-0.3, -0.25) is 0 Å². The highest BCUT2D eigenvalue weighted by Gasteiger charge is 2.48. The van der Waals surface area contributed by atoms with Crippen molar-refractivity contribution < 1.29 is 4.74 Å². The maximum absolute atomic E-state index is 5.52. The van der Waals surface area contributed by atoms with Gasteiger partial charge >= 0.3 is 0 Å². The van der Waals surface area contributed by atoms with E-state index in [-0.39, 0.29) is 5.41 Å². The molecule has 0 saturated heterocycles. The second-order valence-corrected chi connectivity index (χ2v) is 7.35. The van der Waals surface area contributed by atoms with E-state index in [2.05, 4.69) is 43.4 Å². The summed E-state index contributed by atoms with van der Waals surface area (Å²) in [5, 5.41) is 3.76. The smallest absolute Gasteiger partial charge is 0.0652 e. The fraction of sp³-hybridized carbons (Fsp3) is 0.625. The van der Waals surface area contributed by atoms with Gasteiger partial charge in [0, 0.05) is 41.7 Å². The summed E-state index contributed by atoms with van der Waals surface area (Å²) in [7, 11) is 1.83. The third-order valence-electron chi connectivity index (χ3n) is 4.87. The highest BCUT2D eigenvalue weighted by atomic mass is 32.2. The maximum atomic E-state index is 5.52. The van der Waals surface area contributed by atoms with Crippen LogP contribution < -0.4 is 5.32 Å². The lowest BCUT2D eigenvalue weighted by molar-refractivity contribution is -0.0974. The standard InChI is InChI=1S/C16H23NOS/c1-16(2)14(8-15(16)18-3)17-9-11-10-19-13-7-5-4-6-12(11)13/h4-7,11,14-15,17H,8-10H2,1-3H3. The minimum absolute atomic E-state index is 0.264. The molecule has 2 nitrogen and oxygen atoms in total. The number of ether oxygens (including phenoxy) is 1. The van der Waals surface area contributed by atoms with Crippen LogP contribution >= 0.6 is 11.8 Å². The van der Waals surface area contributed by atoms with E-state index in [1.165, 1.54) is 16.2 Å². The number of benzene rings is 1. The van der Waals surface area contributed by atoms with Crippen LogP contribution in [0.5, 0.6) is 0 Å². The molecule has 3 atom stereocenters. The quantitative estimate of drug-likeness (QED) is 0.912. The average molecular weight is 277 g/mol. The molecule has 1 aliphatic carbocycles. The minimum Gasteiger partial charge on any atom is -0.381 e. The molecule has 2 aliphatic rings. The van der Waals surface area contributed by atoms with Crippen molar-refractivity contribution >= 4 is 11.8 Å². The molecule has 19 heavy (non-hydrogen) atoms. The number of fused-ring (bicyclic) bond motifs is 1. The zero-order valence-electron chi connectivity index (χ0n) is 12.0. The number of rotatable bonds is 4. The minimum atomic E-state index is 0.264. The van der Waals surface area contributed by atoms with Gasteiger partial charge < -0.3 is 10.1 Å². The van der Waals surface area contributed by atoms with Gasteiger partial charge in [-0.2, -0.15) is 0 Å². The van der Waals surface area contributed by atoms with Gasteiger partial charge in [0.15, 0.2) is 0 Å². The van der Waals surface area contributed by atoms with Gasteiger partial charge in [-0.05, 0) is 18.1 Å². The summed E-state index contributed by atoms with van der Waals surface area (Å²) in [5.41, 5.74) is 1.79. The van der Waals surface area contributed by atoms with Crippen molar-refractivity contribution in [3.63, 3.8) is 0 Å². The highest BCUT2D eigenvalue weighted by Crippen LogP contribution is 2.43. The van der Waals surface area contributed by atoms with Gasteiger partial charge in [0.1, 0.15) is 0 Å². The first-order valence-electron chi connectivity index (χ1n) is 7.11. The predicted molar refractivity (Wildman–Crippen MR) is 80.9 cm³/mol. The molecule has 3 heteroatoms. The maximum Gasteiger partial charge on any atom is 0.0652 e. The summed E-state index contributed by atoms with van der Waals surface area (Å²) in [4.78, 5) is 1.47. The molecule has 1 N–H and O–H groups in total. The molecule has 1 aromatic rings. The lowest BCUT2D eigenvalue weighted by Crippen LogP contribution is -2.61.